The molecule has 1 N–H and O–H groups in total. The molecule has 5 heteroatoms. The zero-order valence-electron chi connectivity index (χ0n) is 7.99. The van der Waals surface area contributed by atoms with Gasteiger partial charge in [-0.05, 0) is 37.9 Å². The van der Waals surface area contributed by atoms with Crippen LogP contribution in [0.25, 0.3) is 10.4 Å². The van der Waals surface area contributed by atoms with Gasteiger partial charge < -0.3 is 10.1 Å². The number of piperidine rings is 1. The van der Waals surface area contributed by atoms with Gasteiger partial charge in [0.25, 0.3) is 0 Å². The lowest BCUT2D eigenvalue weighted by Gasteiger charge is -2.36. The minimum absolute atomic E-state index is 0.0561. The monoisotopic (exact) mass is 184 g/mol. The van der Waals surface area contributed by atoms with Crippen molar-refractivity contribution in [3.63, 3.8) is 0 Å². The van der Waals surface area contributed by atoms with E-state index in [1.807, 2.05) is 0 Å². The summed E-state index contributed by atoms with van der Waals surface area (Å²) in [4.78, 5) is 2.74. The third-order valence-electron chi connectivity index (χ3n) is 2.68. The Morgan fingerprint density at radius 1 is 1.54 bits per heavy atom. The average Bonchev–Trinajstić information content (AvgIpc) is 2.20. The number of nitrogens with zero attached hydrogens (tertiary/aromatic N) is 3. The number of methoxy groups -OCH3 is 1. The lowest BCUT2D eigenvalue weighted by atomic mass is 9.89. The first-order valence-electron chi connectivity index (χ1n) is 4.60. The Morgan fingerprint density at radius 2 is 2.23 bits per heavy atom. The fraction of sp³-hybridized carbons (Fsp3) is 1.00. The normalized spacial score (nSPS) is 20.7. The first-order chi connectivity index (χ1) is 6.33. The highest BCUT2D eigenvalue weighted by Gasteiger charge is 2.30. The summed E-state index contributed by atoms with van der Waals surface area (Å²) in [5.41, 5.74) is 8.10. The Kier molecular flexibility index (Phi) is 4.02. The molecule has 1 rings (SSSR count). The highest BCUT2D eigenvalue weighted by molar-refractivity contribution is 4.86. The van der Waals surface area contributed by atoms with E-state index in [1.165, 1.54) is 0 Å². The van der Waals surface area contributed by atoms with E-state index in [9.17, 15) is 0 Å². The number of azide groups is 1. The molecule has 0 atom stereocenters. The second kappa shape index (κ2) is 5.07. The third-order valence-corrected chi connectivity index (χ3v) is 2.68. The minimum atomic E-state index is -0.0561. The summed E-state index contributed by atoms with van der Waals surface area (Å²) in [6, 6.07) is 0. The second-order valence-electron chi connectivity index (χ2n) is 3.34. The van der Waals surface area contributed by atoms with E-state index < -0.39 is 0 Å². The molecule has 74 valence electrons. The van der Waals surface area contributed by atoms with Gasteiger partial charge in [0.2, 0.25) is 0 Å². The number of hydrogen-bond acceptors (Lipinski definition) is 3. The second-order valence-corrected chi connectivity index (χ2v) is 3.34. The van der Waals surface area contributed by atoms with Crippen molar-refractivity contribution in [1.82, 2.24) is 5.32 Å². The molecule has 0 unspecified atom stereocenters. The molecule has 13 heavy (non-hydrogen) atoms. The molecular weight excluding hydrogens is 168 g/mol. The third kappa shape index (κ3) is 2.88. The van der Waals surface area contributed by atoms with Crippen LogP contribution in [0.1, 0.15) is 19.3 Å². The molecule has 0 bridgehead atoms. The molecule has 0 saturated carbocycles. The van der Waals surface area contributed by atoms with Crippen LogP contribution in [0.4, 0.5) is 0 Å². The first-order valence-corrected chi connectivity index (χ1v) is 4.60. The molecule has 1 saturated heterocycles. The summed E-state index contributed by atoms with van der Waals surface area (Å²) in [6.45, 7) is 2.51. The molecule has 0 aromatic heterocycles. The molecule has 1 aliphatic rings. The summed E-state index contributed by atoms with van der Waals surface area (Å²) in [5, 5.41) is 6.82. The molecule has 0 aromatic carbocycles. The predicted octanol–water partition coefficient (Wildman–Crippen LogP) is 1.46. The van der Waals surface area contributed by atoms with Crippen molar-refractivity contribution < 1.29 is 4.74 Å². The fourth-order valence-electron chi connectivity index (χ4n) is 1.74. The van der Waals surface area contributed by atoms with E-state index in [4.69, 9.17) is 10.3 Å². The van der Waals surface area contributed by atoms with Crippen molar-refractivity contribution in [3.05, 3.63) is 10.4 Å². The molecule has 0 amide bonds. The van der Waals surface area contributed by atoms with Gasteiger partial charge in [-0.15, -0.1) is 0 Å². The molecular formula is C8H16N4O. The van der Waals surface area contributed by atoms with Gasteiger partial charge >= 0.3 is 0 Å². The number of ether oxygens (including phenoxy) is 1. The van der Waals surface area contributed by atoms with Crippen LogP contribution in [-0.2, 0) is 4.74 Å². The van der Waals surface area contributed by atoms with Crippen LogP contribution >= 0.6 is 0 Å². The highest BCUT2D eigenvalue weighted by Crippen LogP contribution is 2.26. The Hall–Kier alpha value is -0.770. The number of hydrogen-bond donors (Lipinski definition) is 1. The summed E-state index contributed by atoms with van der Waals surface area (Å²) >= 11 is 0. The Bertz CT molecular complexity index is 194. The maximum atomic E-state index is 8.16. The maximum absolute atomic E-state index is 8.16. The Balaban J connectivity index is 2.42. The van der Waals surface area contributed by atoms with Crippen molar-refractivity contribution in [1.29, 1.82) is 0 Å². The molecule has 0 aliphatic carbocycles. The molecule has 0 radical (unpaired) electrons. The SMILES string of the molecule is COC1(CCN=[N+]=[N-])CCNCC1. The molecule has 0 spiro atoms. The van der Waals surface area contributed by atoms with E-state index in [2.05, 4.69) is 15.3 Å². The summed E-state index contributed by atoms with van der Waals surface area (Å²) in [5.74, 6) is 0. The van der Waals surface area contributed by atoms with E-state index in [1.54, 1.807) is 7.11 Å². The van der Waals surface area contributed by atoms with E-state index in [0.29, 0.717) is 6.54 Å². The van der Waals surface area contributed by atoms with Crippen LogP contribution in [0.3, 0.4) is 0 Å². The van der Waals surface area contributed by atoms with Gasteiger partial charge in [-0.3, -0.25) is 0 Å². The molecule has 1 fully saturated rings. The average molecular weight is 184 g/mol. The van der Waals surface area contributed by atoms with Gasteiger partial charge in [-0.1, -0.05) is 5.11 Å². The smallest absolute Gasteiger partial charge is 0.0704 e. The van der Waals surface area contributed by atoms with Gasteiger partial charge in [0.15, 0.2) is 0 Å². The van der Waals surface area contributed by atoms with Gasteiger partial charge in [0.1, 0.15) is 0 Å². The van der Waals surface area contributed by atoms with Crippen LogP contribution < -0.4 is 5.32 Å². The Labute approximate surface area is 78.1 Å². The Morgan fingerprint density at radius 3 is 2.77 bits per heavy atom. The van der Waals surface area contributed by atoms with Crippen LogP contribution in [-0.4, -0.2) is 32.3 Å². The van der Waals surface area contributed by atoms with Crippen LogP contribution in [0.2, 0.25) is 0 Å². The zero-order valence-corrected chi connectivity index (χ0v) is 7.99. The molecule has 1 aliphatic heterocycles. The standard InChI is InChI=1S/C8H16N4O/c1-13-8(4-7-11-12-9)2-5-10-6-3-8/h10H,2-7H2,1H3. The fourth-order valence-corrected chi connectivity index (χ4v) is 1.74. The molecule has 5 nitrogen and oxygen atoms in total. The van der Waals surface area contributed by atoms with E-state index in [-0.39, 0.29) is 5.60 Å². The van der Waals surface area contributed by atoms with Crippen molar-refractivity contribution in [2.24, 2.45) is 5.11 Å². The van der Waals surface area contributed by atoms with Gasteiger partial charge in [0, 0.05) is 18.6 Å². The lowest BCUT2D eigenvalue weighted by Crippen LogP contribution is -2.43. The number of rotatable bonds is 4. The quantitative estimate of drug-likeness (QED) is 0.408. The van der Waals surface area contributed by atoms with Crippen LogP contribution in [0, 0.1) is 0 Å². The summed E-state index contributed by atoms with van der Waals surface area (Å²) < 4.78 is 5.50. The van der Waals surface area contributed by atoms with E-state index >= 15 is 0 Å². The zero-order chi connectivity index (χ0) is 9.57. The molecule has 0 aromatic rings. The van der Waals surface area contributed by atoms with Crippen LogP contribution in [0.15, 0.2) is 5.11 Å². The molecule has 1 heterocycles. The minimum Gasteiger partial charge on any atom is -0.378 e. The topological polar surface area (TPSA) is 70.0 Å². The lowest BCUT2D eigenvalue weighted by molar-refractivity contribution is -0.0382. The van der Waals surface area contributed by atoms with Gasteiger partial charge in [-0.2, -0.15) is 0 Å². The van der Waals surface area contributed by atoms with Crippen LogP contribution in [0.5, 0.6) is 0 Å². The largest absolute Gasteiger partial charge is 0.378 e. The van der Waals surface area contributed by atoms with E-state index in [0.717, 1.165) is 32.4 Å². The van der Waals surface area contributed by atoms with Crippen molar-refractivity contribution in [2.75, 3.05) is 26.7 Å². The van der Waals surface area contributed by atoms with Crippen molar-refractivity contribution in [2.45, 2.75) is 24.9 Å². The summed E-state index contributed by atoms with van der Waals surface area (Å²) in [7, 11) is 1.74. The maximum Gasteiger partial charge on any atom is 0.0704 e. The van der Waals surface area contributed by atoms with Gasteiger partial charge in [0.05, 0.1) is 5.60 Å². The predicted molar refractivity (Wildman–Crippen MR) is 50.5 cm³/mol. The number of nitrogens with one attached hydrogen (secondary N) is 1. The van der Waals surface area contributed by atoms with Crippen molar-refractivity contribution >= 4 is 0 Å². The summed E-state index contributed by atoms with van der Waals surface area (Å²) in [6.07, 6.45) is 2.84. The van der Waals surface area contributed by atoms with Gasteiger partial charge in [-0.25, -0.2) is 0 Å². The first kappa shape index (κ1) is 10.3. The van der Waals surface area contributed by atoms with Crippen molar-refractivity contribution in [3.8, 4) is 0 Å². The highest BCUT2D eigenvalue weighted by atomic mass is 16.5.